The van der Waals surface area contributed by atoms with Crippen LogP contribution in [0.4, 0.5) is 14.5 Å². The number of anilines is 1. The number of nitrogens with one attached hydrogen (secondary N) is 1. The fourth-order valence-electron chi connectivity index (χ4n) is 2.82. The second-order valence-electron chi connectivity index (χ2n) is 6.81. The van der Waals surface area contributed by atoms with Crippen molar-refractivity contribution in [1.29, 1.82) is 0 Å². The lowest BCUT2D eigenvalue weighted by Crippen LogP contribution is -2.54. The van der Waals surface area contributed by atoms with Crippen LogP contribution < -0.4 is 5.32 Å². The van der Waals surface area contributed by atoms with Gasteiger partial charge in [-0.15, -0.1) is 0 Å². The molecular weight excluding hydrogens is 328 g/mol. The van der Waals surface area contributed by atoms with Crippen molar-refractivity contribution in [3.8, 4) is 0 Å². The standard InChI is InChI=1S/C18H25F2N3O2/c1-12(2)10-17(24)23-8-6-22(7-9-23)13(3)18(25)21-14-4-5-15(19)16(20)11-14/h4-5,11-13H,6-10H2,1-3H3,(H,21,25). The topological polar surface area (TPSA) is 52.7 Å². The first-order chi connectivity index (χ1) is 11.8. The first kappa shape index (κ1) is 19.3. The van der Waals surface area contributed by atoms with Crippen LogP contribution in [0, 0.1) is 17.6 Å². The van der Waals surface area contributed by atoms with E-state index in [0.717, 1.165) is 12.1 Å². The number of carbonyl (C=O) groups excluding carboxylic acids is 2. The van der Waals surface area contributed by atoms with Gasteiger partial charge in [-0.2, -0.15) is 0 Å². The molecule has 1 aliphatic rings. The summed E-state index contributed by atoms with van der Waals surface area (Å²) in [5.74, 6) is -1.76. The first-order valence-electron chi connectivity index (χ1n) is 8.55. The molecule has 1 saturated heterocycles. The monoisotopic (exact) mass is 353 g/mol. The van der Waals surface area contributed by atoms with Crippen LogP contribution in [-0.4, -0.2) is 53.8 Å². The second kappa shape index (κ2) is 8.38. The Kier molecular flexibility index (Phi) is 6.47. The summed E-state index contributed by atoms with van der Waals surface area (Å²) < 4.78 is 26.2. The smallest absolute Gasteiger partial charge is 0.241 e. The Morgan fingerprint density at radius 1 is 1.08 bits per heavy atom. The Morgan fingerprint density at radius 3 is 2.28 bits per heavy atom. The summed E-state index contributed by atoms with van der Waals surface area (Å²) in [5, 5.41) is 2.60. The molecule has 2 amide bonds. The summed E-state index contributed by atoms with van der Waals surface area (Å²) in [6.07, 6.45) is 0.534. The molecule has 1 aromatic rings. The van der Waals surface area contributed by atoms with Crippen molar-refractivity contribution in [2.45, 2.75) is 33.2 Å². The zero-order valence-corrected chi connectivity index (χ0v) is 14.9. The largest absolute Gasteiger partial charge is 0.340 e. The van der Waals surface area contributed by atoms with Gasteiger partial charge < -0.3 is 10.2 Å². The van der Waals surface area contributed by atoms with Gasteiger partial charge in [0.1, 0.15) is 0 Å². The van der Waals surface area contributed by atoms with Crippen LogP contribution in [0.5, 0.6) is 0 Å². The molecule has 25 heavy (non-hydrogen) atoms. The third-order valence-corrected chi connectivity index (χ3v) is 4.36. The fraction of sp³-hybridized carbons (Fsp3) is 0.556. The van der Waals surface area contributed by atoms with Gasteiger partial charge in [0.15, 0.2) is 11.6 Å². The highest BCUT2D eigenvalue weighted by Gasteiger charge is 2.27. The normalized spacial score (nSPS) is 16.8. The second-order valence-corrected chi connectivity index (χ2v) is 6.81. The third-order valence-electron chi connectivity index (χ3n) is 4.36. The van der Waals surface area contributed by atoms with Crippen LogP contribution >= 0.6 is 0 Å². The number of rotatable bonds is 5. The van der Waals surface area contributed by atoms with E-state index in [9.17, 15) is 18.4 Å². The highest BCUT2D eigenvalue weighted by Crippen LogP contribution is 2.15. The molecule has 1 unspecified atom stereocenters. The quantitative estimate of drug-likeness (QED) is 0.885. The van der Waals surface area contributed by atoms with Crippen LogP contribution in [0.1, 0.15) is 27.2 Å². The summed E-state index contributed by atoms with van der Waals surface area (Å²) in [6.45, 7) is 8.19. The van der Waals surface area contributed by atoms with Gasteiger partial charge in [0.25, 0.3) is 0 Å². The van der Waals surface area contributed by atoms with Crippen molar-refractivity contribution in [2.24, 2.45) is 5.92 Å². The van der Waals surface area contributed by atoms with Crippen LogP contribution in [0.3, 0.4) is 0 Å². The summed E-state index contributed by atoms with van der Waals surface area (Å²) >= 11 is 0. The predicted molar refractivity (Wildman–Crippen MR) is 92.1 cm³/mol. The average Bonchev–Trinajstić information content (AvgIpc) is 2.57. The molecule has 1 N–H and O–H groups in total. The van der Waals surface area contributed by atoms with E-state index in [-0.39, 0.29) is 17.5 Å². The van der Waals surface area contributed by atoms with E-state index in [4.69, 9.17) is 0 Å². The van der Waals surface area contributed by atoms with E-state index in [1.807, 2.05) is 23.6 Å². The maximum atomic E-state index is 13.2. The number of halogens is 2. The lowest BCUT2D eigenvalue weighted by molar-refractivity contribution is -0.134. The molecule has 1 aliphatic heterocycles. The number of hydrogen-bond donors (Lipinski definition) is 1. The van der Waals surface area contributed by atoms with Gasteiger partial charge in [-0.1, -0.05) is 13.8 Å². The zero-order valence-electron chi connectivity index (χ0n) is 14.9. The van der Waals surface area contributed by atoms with Crippen LogP contribution in [0.15, 0.2) is 18.2 Å². The van der Waals surface area contributed by atoms with Gasteiger partial charge in [0.2, 0.25) is 11.8 Å². The molecule has 1 fully saturated rings. The molecule has 0 bridgehead atoms. The van der Waals surface area contributed by atoms with E-state index in [1.54, 1.807) is 6.92 Å². The van der Waals surface area contributed by atoms with Crippen molar-refractivity contribution in [3.05, 3.63) is 29.8 Å². The Morgan fingerprint density at radius 2 is 1.72 bits per heavy atom. The number of amides is 2. The molecule has 138 valence electrons. The van der Waals surface area contributed by atoms with E-state index in [1.165, 1.54) is 6.07 Å². The van der Waals surface area contributed by atoms with Crippen molar-refractivity contribution in [2.75, 3.05) is 31.5 Å². The number of piperazine rings is 1. The van der Waals surface area contributed by atoms with Gasteiger partial charge >= 0.3 is 0 Å². The van der Waals surface area contributed by atoms with Gasteiger partial charge in [0, 0.05) is 44.4 Å². The van der Waals surface area contributed by atoms with Gasteiger partial charge in [-0.3, -0.25) is 14.5 Å². The lowest BCUT2D eigenvalue weighted by Gasteiger charge is -2.37. The van der Waals surface area contributed by atoms with Crippen molar-refractivity contribution in [1.82, 2.24) is 9.80 Å². The zero-order chi connectivity index (χ0) is 18.6. The van der Waals surface area contributed by atoms with Gasteiger partial charge in [-0.05, 0) is 25.0 Å². The minimum Gasteiger partial charge on any atom is -0.340 e. The van der Waals surface area contributed by atoms with Crippen molar-refractivity contribution >= 4 is 17.5 Å². The Labute approximate surface area is 147 Å². The Bertz CT molecular complexity index is 629. The summed E-state index contributed by atoms with van der Waals surface area (Å²) in [7, 11) is 0. The van der Waals surface area contributed by atoms with Crippen molar-refractivity contribution in [3.63, 3.8) is 0 Å². The number of carbonyl (C=O) groups is 2. The summed E-state index contributed by atoms with van der Waals surface area (Å²) in [5.41, 5.74) is 0.224. The minimum absolute atomic E-state index is 0.147. The van der Waals surface area contributed by atoms with Crippen LogP contribution in [0.2, 0.25) is 0 Å². The number of nitrogens with zero attached hydrogens (tertiary/aromatic N) is 2. The van der Waals surface area contributed by atoms with Crippen molar-refractivity contribution < 1.29 is 18.4 Å². The van der Waals surface area contributed by atoms with E-state index in [2.05, 4.69) is 5.32 Å². The number of hydrogen-bond acceptors (Lipinski definition) is 3. The molecule has 0 aromatic heterocycles. The van der Waals surface area contributed by atoms with Gasteiger partial charge in [0.05, 0.1) is 6.04 Å². The van der Waals surface area contributed by atoms with Gasteiger partial charge in [-0.25, -0.2) is 8.78 Å². The summed E-state index contributed by atoms with van der Waals surface area (Å²) in [6, 6.07) is 2.85. The highest BCUT2D eigenvalue weighted by atomic mass is 19.2. The molecule has 7 heteroatoms. The molecule has 2 rings (SSSR count). The lowest BCUT2D eigenvalue weighted by atomic mass is 10.1. The predicted octanol–water partition coefficient (Wildman–Crippen LogP) is 2.48. The minimum atomic E-state index is -0.997. The molecule has 1 atom stereocenters. The molecular formula is C18H25F2N3O2. The maximum Gasteiger partial charge on any atom is 0.241 e. The summed E-state index contributed by atoms with van der Waals surface area (Å²) in [4.78, 5) is 28.2. The molecule has 1 aromatic carbocycles. The van der Waals surface area contributed by atoms with Crippen LogP contribution in [-0.2, 0) is 9.59 Å². The number of benzene rings is 1. The molecule has 1 heterocycles. The Hall–Kier alpha value is -2.02. The first-order valence-corrected chi connectivity index (χ1v) is 8.55. The van der Waals surface area contributed by atoms with E-state index in [0.29, 0.717) is 38.5 Å². The van der Waals surface area contributed by atoms with E-state index < -0.39 is 17.7 Å². The molecule has 0 aliphatic carbocycles. The third kappa shape index (κ3) is 5.22. The Balaban J connectivity index is 1.86. The average molecular weight is 353 g/mol. The fourth-order valence-corrected chi connectivity index (χ4v) is 2.82. The molecule has 0 spiro atoms. The van der Waals surface area contributed by atoms with Crippen LogP contribution in [0.25, 0.3) is 0 Å². The highest BCUT2D eigenvalue weighted by molar-refractivity contribution is 5.94. The molecule has 5 nitrogen and oxygen atoms in total. The molecule has 0 radical (unpaired) electrons. The SMILES string of the molecule is CC(C)CC(=O)N1CCN(C(C)C(=O)Nc2ccc(F)c(F)c2)CC1. The van der Waals surface area contributed by atoms with E-state index >= 15 is 0 Å². The maximum absolute atomic E-state index is 13.2. The molecule has 0 saturated carbocycles.